The number of carbonyl (C=O) groups excluding carboxylic acids is 1. The average Bonchev–Trinajstić information content (AvgIpc) is 3.33. The molecule has 3 N–H and O–H groups in total. The average molecular weight is 290 g/mol. The molecule has 2 unspecified atom stereocenters. The third-order valence-corrected chi connectivity index (χ3v) is 4.44. The highest BCUT2D eigenvalue weighted by Gasteiger charge is 2.41. The molecule has 114 valence electrons. The Morgan fingerprint density at radius 2 is 2.10 bits per heavy atom. The van der Waals surface area contributed by atoms with Crippen molar-refractivity contribution in [2.75, 3.05) is 26.2 Å². The molecule has 0 aromatic heterocycles. The molecule has 0 bridgehead atoms. The summed E-state index contributed by atoms with van der Waals surface area (Å²) in [5.74, 6) is -0.0608. The fourth-order valence-electron chi connectivity index (χ4n) is 2.98. The molecule has 0 radical (unpaired) electrons. The summed E-state index contributed by atoms with van der Waals surface area (Å²) < 4.78 is 5.77. The van der Waals surface area contributed by atoms with Crippen LogP contribution in [-0.4, -0.2) is 48.3 Å². The molecule has 1 saturated heterocycles. The first-order valence-corrected chi connectivity index (χ1v) is 7.51. The number of primary amides is 1. The highest BCUT2D eigenvalue weighted by atomic mass is 16.5. The molecular formula is C16H22N2O3. The molecule has 2 aliphatic rings. The number of hydrogen-bond acceptors (Lipinski definition) is 4. The minimum absolute atomic E-state index is 0.221. The van der Waals surface area contributed by atoms with Gasteiger partial charge in [0.2, 0.25) is 0 Å². The smallest absolute Gasteiger partial charge is 0.255 e. The van der Waals surface area contributed by atoms with Gasteiger partial charge in [-0.05, 0) is 24.3 Å². The topological polar surface area (TPSA) is 75.8 Å². The van der Waals surface area contributed by atoms with E-state index in [1.165, 1.54) is 12.8 Å². The number of amides is 1. The van der Waals surface area contributed by atoms with E-state index in [0.717, 1.165) is 6.54 Å². The van der Waals surface area contributed by atoms with Gasteiger partial charge in [-0.15, -0.1) is 0 Å². The van der Waals surface area contributed by atoms with Gasteiger partial charge in [0.25, 0.3) is 5.91 Å². The second kappa shape index (κ2) is 5.75. The molecule has 1 aromatic rings. The van der Waals surface area contributed by atoms with Crippen LogP contribution in [0.3, 0.4) is 0 Å². The van der Waals surface area contributed by atoms with Crippen LogP contribution in [0.5, 0.6) is 0 Å². The number of carbonyl (C=O) groups is 1. The van der Waals surface area contributed by atoms with E-state index in [0.29, 0.717) is 24.6 Å². The van der Waals surface area contributed by atoms with E-state index in [-0.39, 0.29) is 12.6 Å². The number of rotatable bonds is 5. The third-order valence-electron chi connectivity index (χ3n) is 4.44. The van der Waals surface area contributed by atoms with Gasteiger partial charge < -0.3 is 15.6 Å². The van der Waals surface area contributed by atoms with Crippen molar-refractivity contribution in [1.29, 1.82) is 0 Å². The van der Waals surface area contributed by atoms with Gasteiger partial charge >= 0.3 is 0 Å². The Balaban J connectivity index is 1.74. The Morgan fingerprint density at radius 3 is 2.71 bits per heavy atom. The predicted molar refractivity (Wildman–Crippen MR) is 78.4 cm³/mol. The van der Waals surface area contributed by atoms with Crippen LogP contribution < -0.4 is 5.73 Å². The van der Waals surface area contributed by atoms with Gasteiger partial charge in [-0.3, -0.25) is 9.69 Å². The van der Waals surface area contributed by atoms with Crippen LogP contribution in [0.4, 0.5) is 0 Å². The molecule has 0 spiro atoms. The fourth-order valence-corrected chi connectivity index (χ4v) is 2.98. The highest BCUT2D eigenvalue weighted by molar-refractivity contribution is 5.85. The first kappa shape index (κ1) is 14.5. The van der Waals surface area contributed by atoms with Crippen LogP contribution in [0.25, 0.3) is 0 Å². The Labute approximate surface area is 124 Å². The summed E-state index contributed by atoms with van der Waals surface area (Å²) in [4.78, 5) is 13.9. The lowest BCUT2D eigenvalue weighted by Gasteiger charge is -2.37. The van der Waals surface area contributed by atoms with Crippen LogP contribution in [0, 0.1) is 5.92 Å². The number of nitrogens with zero attached hydrogens (tertiary/aromatic N) is 1. The van der Waals surface area contributed by atoms with Crippen LogP contribution in [0.2, 0.25) is 0 Å². The first-order chi connectivity index (χ1) is 10.1. The Morgan fingerprint density at radius 1 is 1.38 bits per heavy atom. The number of nitrogens with two attached hydrogens (primary N) is 1. The summed E-state index contributed by atoms with van der Waals surface area (Å²) in [5, 5.41) is 10.8. The quantitative estimate of drug-likeness (QED) is 0.826. The molecule has 2 atom stereocenters. The summed E-state index contributed by atoms with van der Waals surface area (Å²) in [6, 6.07) is 8.93. The summed E-state index contributed by atoms with van der Waals surface area (Å²) in [6.07, 6.45) is 2.67. The van der Waals surface area contributed by atoms with Crippen LogP contribution in [0.1, 0.15) is 18.4 Å². The number of aliphatic hydroxyl groups is 1. The monoisotopic (exact) mass is 290 g/mol. The van der Waals surface area contributed by atoms with Crippen LogP contribution >= 0.6 is 0 Å². The highest BCUT2D eigenvalue weighted by Crippen LogP contribution is 2.36. The van der Waals surface area contributed by atoms with Gasteiger partial charge in [0.1, 0.15) is 0 Å². The number of hydrogen-bond donors (Lipinski definition) is 2. The first-order valence-electron chi connectivity index (χ1n) is 7.51. The van der Waals surface area contributed by atoms with Crippen molar-refractivity contribution in [3.05, 3.63) is 35.9 Å². The van der Waals surface area contributed by atoms with Gasteiger partial charge in [0.05, 0.1) is 12.7 Å². The molecule has 1 amide bonds. The maximum absolute atomic E-state index is 11.8. The van der Waals surface area contributed by atoms with Crippen molar-refractivity contribution in [2.24, 2.45) is 11.7 Å². The molecule has 3 rings (SSSR count). The largest absolute Gasteiger partial charge is 0.375 e. The Hall–Kier alpha value is -1.43. The second-order valence-corrected chi connectivity index (χ2v) is 6.07. The summed E-state index contributed by atoms with van der Waals surface area (Å²) in [6.45, 7) is 2.34. The van der Waals surface area contributed by atoms with Gasteiger partial charge in [-0.2, -0.15) is 0 Å². The van der Waals surface area contributed by atoms with E-state index < -0.39 is 11.5 Å². The summed E-state index contributed by atoms with van der Waals surface area (Å²) >= 11 is 0. The lowest BCUT2D eigenvalue weighted by molar-refractivity contribution is -0.142. The van der Waals surface area contributed by atoms with E-state index in [2.05, 4.69) is 4.90 Å². The zero-order valence-electron chi connectivity index (χ0n) is 12.1. The van der Waals surface area contributed by atoms with Crippen molar-refractivity contribution in [1.82, 2.24) is 4.90 Å². The molecule has 5 nitrogen and oxygen atoms in total. The lowest BCUT2D eigenvalue weighted by Crippen LogP contribution is -2.54. The van der Waals surface area contributed by atoms with Gasteiger partial charge in [-0.25, -0.2) is 0 Å². The number of benzene rings is 1. The molecule has 1 saturated carbocycles. The van der Waals surface area contributed by atoms with Crippen molar-refractivity contribution in [3.63, 3.8) is 0 Å². The molecule has 1 aliphatic carbocycles. The molecule has 1 aromatic carbocycles. The third kappa shape index (κ3) is 3.10. The zero-order chi connectivity index (χ0) is 14.9. The number of morpholine rings is 1. The van der Waals surface area contributed by atoms with Crippen LogP contribution in [-0.2, 0) is 15.1 Å². The molecule has 2 fully saturated rings. The van der Waals surface area contributed by atoms with Crippen molar-refractivity contribution >= 4 is 5.91 Å². The van der Waals surface area contributed by atoms with Crippen molar-refractivity contribution < 1.29 is 14.6 Å². The zero-order valence-corrected chi connectivity index (χ0v) is 12.1. The van der Waals surface area contributed by atoms with E-state index in [1.807, 2.05) is 6.07 Å². The van der Waals surface area contributed by atoms with E-state index >= 15 is 0 Å². The van der Waals surface area contributed by atoms with E-state index in [9.17, 15) is 9.90 Å². The molecule has 1 aliphatic heterocycles. The Bertz CT molecular complexity index is 504. The molecular weight excluding hydrogens is 268 g/mol. The second-order valence-electron chi connectivity index (χ2n) is 6.07. The standard InChI is InChI=1S/C16H22N2O3/c17-15(19)16(20,13-4-2-1-3-5-13)11-18-8-9-21-14(10-18)12-6-7-12/h1-5,12,14,20H,6-11H2,(H2,17,19). The van der Waals surface area contributed by atoms with E-state index in [1.54, 1.807) is 24.3 Å². The number of ether oxygens (including phenoxy) is 1. The summed E-state index contributed by atoms with van der Waals surface area (Å²) in [5.41, 5.74) is 4.38. The Kier molecular flexibility index (Phi) is 3.97. The molecule has 1 heterocycles. The maximum Gasteiger partial charge on any atom is 0.255 e. The van der Waals surface area contributed by atoms with Crippen LogP contribution in [0.15, 0.2) is 30.3 Å². The minimum atomic E-state index is -1.65. The predicted octanol–water partition coefficient (Wildman–Crippen LogP) is 0.470. The maximum atomic E-state index is 11.8. The molecule has 21 heavy (non-hydrogen) atoms. The van der Waals surface area contributed by atoms with E-state index in [4.69, 9.17) is 10.5 Å². The van der Waals surface area contributed by atoms with Gasteiger partial charge in [0.15, 0.2) is 5.60 Å². The minimum Gasteiger partial charge on any atom is -0.375 e. The fraction of sp³-hybridized carbons (Fsp3) is 0.562. The SMILES string of the molecule is NC(=O)C(O)(CN1CCOC(C2CC2)C1)c1ccccc1. The van der Waals surface area contributed by atoms with Crippen molar-refractivity contribution in [2.45, 2.75) is 24.5 Å². The van der Waals surface area contributed by atoms with Gasteiger partial charge in [0, 0.05) is 19.6 Å². The van der Waals surface area contributed by atoms with Crippen molar-refractivity contribution in [3.8, 4) is 0 Å². The summed E-state index contributed by atoms with van der Waals surface area (Å²) in [7, 11) is 0. The van der Waals surface area contributed by atoms with Gasteiger partial charge in [-0.1, -0.05) is 30.3 Å². The number of β-amino-alcohol motifs (C(OH)–C–C–N with tert-alkyl or cyclic N) is 1. The normalized spacial score (nSPS) is 26.2. The lowest BCUT2D eigenvalue weighted by atomic mass is 9.92. The molecule has 5 heteroatoms.